The summed E-state index contributed by atoms with van der Waals surface area (Å²) >= 11 is 0. The molecule has 0 aromatic carbocycles. The quantitative estimate of drug-likeness (QED) is 0.764. The van der Waals surface area contributed by atoms with Crippen molar-refractivity contribution >= 4 is 0 Å². The van der Waals surface area contributed by atoms with E-state index >= 15 is 0 Å². The minimum absolute atomic E-state index is 0.814. The highest BCUT2D eigenvalue weighted by Crippen LogP contribution is 2.31. The molecule has 3 fully saturated rings. The molecule has 1 saturated carbocycles. The van der Waals surface area contributed by atoms with Crippen LogP contribution in [-0.4, -0.2) is 60.6 Å². The van der Waals surface area contributed by atoms with Crippen LogP contribution in [-0.2, 0) is 0 Å². The number of hydrogen-bond donors (Lipinski definition) is 1. The normalized spacial score (nSPS) is 36.4. The number of rotatable bonds is 4. The van der Waals surface area contributed by atoms with Crippen molar-refractivity contribution in [1.29, 1.82) is 0 Å². The molecule has 0 spiro atoms. The molecule has 2 unspecified atom stereocenters. The van der Waals surface area contributed by atoms with Gasteiger partial charge in [0.05, 0.1) is 0 Å². The number of nitrogens with zero attached hydrogens (tertiary/aromatic N) is 2. The van der Waals surface area contributed by atoms with Crippen LogP contribution >= 0.6 is 0 Å². The molecule has 2 saturated heterocycles. The van der Waals surface area contributed by atoms with Gasteiger partial charge in [-0.15, -0.1) is 0 Å². The summed E-state index contributed by atoms with van der Waals surface area (Å²) in [6.07, 6.45) is 5.68. The van der Waals surface area contributed by atoms with Crippen LogP contribution < -0.4 is 5.32 Å². The molecule has 2 heterocycles. The summed E-state index contributed by atoms with van der Waals surface area (Å²) < 4.78 is 0. The molecule has 1 aliphatic carbocycles. The number of likely N-dealkylation sites (N-methyl/N-ethyl adjacent to an activating group) is 1. The van der Waals surface area contributed by atoms with Crippen LogP contribution in [0.4, 0.5) is 0 Å². The van der Waals surface area contributed by atoms with E-state index in [0.717, 1.165) is 18.1 Å². The molecule has 1 N–H and O–H groups in total. The Kier molecular flexibility index (Phi) is 3.18. The first-order chi connectivity index (χ1) is 7.88. The average Bonchev–Trinajstić information content (AvgIpc) is 2.82. The zero-order valence-corrected chi connectivity index (χ0v) is 10.5. The van der Waals surface area contributed by atoms with Crippen molar-refractivity contribution in [3.8, 4) is 0 Å². The summed E-state index contributed by atoms with van der Waals surface area (Å²) in [6.45, 7) is 8.70. The van der Waals surface area contributed by atoms with Crippen molar-refractivity contribution in [3.05, 3.63) is 0 Å². The lowest BCUT2D eigenvalue weighted by molar-refractivity contribution is 0.150. The van der Waals surface area contributed by atoms with E-state index in [1.165, 1.54) is 58.4 Å². The molecule has 92 valence electrons. The van der Waals surface area contributed by atoms with Gasteiger partial charge >= 0.3 is 0 Å². The van der Waals surface area contributed by atoms with Crippen molar-refractivity contribution in [2.24, 2.45) is 0 Å². The van der Waals surface area contributed by atoms with E-state index in [0.29, 0.717) is 0 Å². The summed E-state index contributed by atoms with van der Waals surface area (Å²) in [5.41, 5.74) is 0. The van der Waals surface area contributed by atoms with Gasteiger partial charge in [0.1, 0.15) is 0 Å². The lowest BCUT2D eigenvalue weighted by Crippen LogP contribution is -2.45. The molecule has 3 aliphatic rings. The highest BCUT2D eigenvalue weighted by molar-refractivity contribution is 4.95. The largest absolute Gasteiger partial charge is 0.315 e. The molecular formula is C13H25N3. The Morgan fingerprint density at radius 1 is 1.19 bits per heavy atom. The second kappa shape index (κ2) is 4.63. The van der Waals surface area contributed by atoms with Gasteiger partial charge in [0, 0.05) is 37.8 Å². The van der Waals surface area contributed by atoms with Crippen molar-refractivity contribution in [3.63, 3.8) is 0 Å². The Balaban J connectivity index is 1.57. The van der Waals surface area contributed by atoms with Crippen molar-refractivity contribution in [1.82, 2.24) is 15.1 Å². The van der Waals surface area contributed by atoms with E-state index in [4.69, 9.17) is 0 Å². The van der Waals surface area contributed by atoms with Crippen LogP contribution in [0.15, 0.2) is 0 Å². The molecule has 16 heavy (non-hydrogen) atoms. The maximum Gasteiger partial charge on any atom is 0.0238 e. The van der Waals surface area contributed by atoms with E-state index < -0.39 is 0 Å². The molecule has 0 radical (unpaired) electrons. The second-order valence-corrected chi connectivity index (χ2v) is 5.65. The van der Waals surface area contributed by atoms with Gasteiger partial charge in [-0.3, -0.25) is 9.80 Å². The maximum atomic E-state index is 3.50. The second-order valence-electron chi connectivity index (χ2n) is 5.65. The Hall–Kier alpha value is -0.120. The summed E-state index contributed by atoms with van der Waals surface area (Å²) in [4.78, 5) is 5.50. The fraction of sp³-hybridized carbons (Fsp3) is 1.00. The predicted octanol–water partition coefficient (Wildman–Crippen LogP) is 0.907. The Bertz CT molecular complexity index is 233. The van der Waals surface area contributed by atoms with Crippen LogP contribution in [0.5, 0.6) is 0 Å². The van der Waals surface area contributed by atoms with E-state index in [2.05, 4.69) is 22.0 Å². The monoisotopic (exact) mass is 223 g/mol. The van der Waals surface area contributed by atoms with Crippen LogP contribution in [0.1, 0.15) is 32.6 Å². The third-order valence-corrected chi connectivity index (χ3v) is 4.60. The van der Waals surface area contributed by atoms with Crippen LogP contribution in [0.3, 0.4) is 0 Å². The first kappa shape index (κ1) is 11.0. The highest BCUT2D eigenvalue weighted by atomic mass is 15.3. The van der Waals surface area contributed by atoms with Crippen LogP contribution in [0.25, 0.3) is 0 Å². The third kappa shape index (κ3) is 2.13. The van der Waals surface area contributed by atoms with Gasteiger partial charge in [0.25, 0.3) is 0 Å². The minimum Gasteiger partial charge on any atom is -0.315 e. The van der Waals surface area contributed by atoms with E-state index in [-0.39, 0.29) is 0 Å². The van der Waals surface area contributed by atoms with E-state index in [1.54, 1.807) is 0 Å². The summed E-state index contributed by atoms with van der Waals surface area (Å²) in [6, 6.07) is 2.62. The first-order valence-corrected chi connectivity index (χ1v) is 7.09. The number of likely N-dealkylation sites (tertiary alicyclic amines) is 1. The molecule has 3 heteroatoms. The van der Waals surface area contributed by atoms with Gasteiger partial charge in [-0.1, -0.05) is 6.92 Å². The van der Waals surface area contributed by atoms with Crippen molar-refractivity contribution < 1.29 is 0 Å². The molecule has 0 aromatic heterocycles. The zero-order valence-electron chi connectivity index (χ0n) is 10.5. The van der Waals surface area contributed by atoms with Gasteiger partial charge in [0.15, 0.2) is 0 Å². The Labute approximate surface area is 99.2 Å². The Morgan fingerprint density at radius 3 is 2.69 bits per heavy atom. The van der Waals surface area contributed by atoms with E-state index in [9.17, 15) is 0 Å². The average molecular weight is 223 g/mol. The molecule has 3 rings (SSSR count). The van der Waals surface area contributed by atoms with Crippen LogP contribution in [0.2, 0.25) is 0 Å². The molecule has 3 nitrogen and oxygen atoms in total. The fourth-order valence-corrected chi connectivity index (χ4v) is 3.55. The predicted molar refractivity (Wildman–Crippen MR) is 66.7 cm³/mol. The Morgan fingerprint density at radius 2 is 2.06 bits per heavy atom. The molecule has 2 atom stereocenters. The summed E-state index contributed by atoms with van der Waals surface area (Å²) in [7, 11) is 0. The van der Waals surface area contributed by atoms with Gasteiger partial charge in [-0.05, 0) is 38.8 Å². The molecule has 2 aliphatic heterocycles. The van der Waals surface area contributed by atoms with Gasteiger partial charge in [-0.2, -0.15) is 0 Å². The van der Waals surface area contributed by atoms with Gasteiger partial charge < -0.3 is 5.32 Å². The maximum absolute atomic E-state index is 3.50. The summed E-state index contributed by atoms with van der Waals surface area (Å²) in [5, 5.41) is 3.50. The SMILES string of the molecule is CCN(C1CCNC1)C1CCN(C2CC2)C1. The number of nitrogens with one attached hydrogen (secondary N) is 1. The lowest BCUT2D eigenvalue weighted by atomic mass is 10.1. The molecule has 0 aromatic rings. The van der Waals surface area contributed by atoms with Crippen LogP contribution in [0, 0.1) is 0 Å². The first-order valence-electron chi connectivity index (χ1n) is 7.09. The van der Waals surface area contributed by atoms with E-state index in [1.807, 2.05) is 0 Å². The summed E-state index contributed by atoms with van der Waals surface area (Å²) in [5.74, 6) is 0. The highest BCUT2D eigenvalue weighted by Gasteiger charge is 2.37. The van der Waals surface area contributed by atoms with Gasteiger partial charge in [0.2, 0.25) is 0 Å². The molecule has 0 amide bonds. The van der Waals surface area contributed by atoms with Crippen molar-refractivity contribution in [2.45, 2.75) is 50.7 Å². The third-order valence-electron chi connectivity index (χ3n) is 4.60. The van der Waals surface area contributed by atoms with Crippen molar-refractivity contribution in [2.75, 3.05) is 32.7 Å². The lowest BCUT2D eigenvalue weighted by Gasteiger charge is -2.33. The minimum atomic E-state index is 0.814. The zero-order chi connectivity index (χ0) is 11.0. The fourth-order valence-electron chi connectivity index (χ4n) is 3.55. The topological polar surface area (TPSA) is 18.5 Å². The molecular weight excluding hydrogens is 198 g/mol. The molecule has 0 bridgehead atoms. The van der Waals surface area contributed by atoms with Gasteiger partial charge in [-0.25, -0.2) is 0 Å². The standard InChI is InChI=1S/C13H25N3/c1-2-16(12-5-7-14-9-12)13-6-8-15(10-13)11-3-4-11/h11-14H,2-10H2,1H3. The smallest absolute Gasteiger partial charge is 0.0238 e. The number of hydrogen-bond acceptors (Lipinski definition) is 3.